The second-order valence-corrected chi connectivity index (χ2v) is 5.17. The SMILES string of the molecule is N#Cc1ccc(-n2c(O)c(-c3ccccc3)[nH]c2=O)cc1C(F)(F)F. The van der Waals surface area contributed by atoms with Crippen LogP contribution in [0.3, 0.4) is 0 Å². The molecule has 0 bridgehead atoms. The van der Waals surface area contributed by atoms with Crippen LogP contribution in [0.4, 0.5) is 13.2 Å². The first-order valence-electron chi connectivity index (χ1n) is 7.04. The molecule has 0 aliphatic carbocycles. The van der Waals surface area contributed by atoms with Crippen molar-refractivity contribution in [1.82, 2.24) is 9.55 Å². The lowest BCUT2D eigenvalue weighted by Gasteiger charge is -2.11. The van der Waals surface area contributed by atoms with E-state index >= 15 is 0 Å². The maximum atomic E-state index is 13.1. The topological polar surface area (TPSA) is 81.8 Å². The largest absolute Gasteiger partial charge is 0.493 e. The van der Waals surface area contributed by atoms with E-state index in [1.165, 1.54) is 6.07 Å². The molecule has 0 atom stereocenters. The van der Waals surface area contributed by atoms with Gasteiger partial charge in [0, 0.05) is 5.56 Å². The highest BCUT2D eigenvalue weighted by Crippen LogP contribution is 2.34. The summed E-state index contributed by atoms with van der Waals surface area (Å²) in [6, 6.07) is 12.6. The third-order valence-electron chi connectivity index (χ3n) is 3.62. The number of benzene rings is 2. The molecule has 1 heterocycles. The molecule has 8 heteroatoms. The van der Waals surface area contributed by atoms with Crippen LogP contribution < -0.4 is 5.69 Å². The van der Waals surface area contributed by atoms with Crippen molar-refractivity contribution in [2.75, 3.05) is 0 Å². The highest BCUT2D eigenvalue weighted by molar-refractivity contribution is 5.65. The molecule has 3 rings (SSSR count). The molecular formula is C17H10F3N3O2. The number of H-pyrrole nitrogens is 1. The van der Waals surface area contributed by atoms with E-state index in [2.05, 4.69) is 4.98 Å². The van der Waals surface area contributed by atoms with Crippen LogP contribution in [0.25, 0.3) is 16.9 Å². The second-order valence-electron chi connectivity index (χ2n) is 5.17. The Morgan fingerprint density at radius 1 is 1.12 bits per heavy atom. The van der Waals surface area contributed by atoms with Gasteiger partial charge in [0.15, 0.2) is 0 Å². The number of aromatic nitrogens is 2. The minimum Gasteiger partial charge on any atom is -0.493 e. The van der Waals surface area contributed by atoms with Gasteiger partial charge in [0.05, 0.1) is 22.9 Å². The first-order chi connectivity index (χ1) is 11.8. The van der Waals surface area contributed by atoms with Crippen molar-refractivity contribution in [2.45, 2.75) is 6.18 Å². The van der Waals surface area contributed by atoms with Crippen LogP contribution in [-0.4, -0.2) is 14.7 Å². The summed E-state index contributed by atoms with van der Waals surface area (Å²) < 4.78 is 40.0. The maximum absolute atomic E-state index is 13.1. The number of hydrogen-bond acceptors (Lipinski definition) is 3. The molecule has 0 saturated carbocycles. The molecule has 0 fully saturated rings. The highest BCUT2D eigenvalue weighted by atomic mass is 19.4. The van der Waals surface area contributed by atoms with Gasteiger partial charge in [-0.15, -0.1) is 0 Å². The van der Waals surface area contributed by atoms with E-state index in [9.17, 15) is 23.1 Å². The van der Waals surface area contributed by atoms with Crippen molar-refractivity contribution in [3.63, 3.8) is 0 Å². The number of nitrogens with one attached hydrogen (secondary N) is 1. The predicted molar refractivity (Wildman–Crippen MR) is 83.2 cm³/mol. The zero-order valence-electron chi connectivity index (χ0n) is 12.5. The molecule has 0 spiro atoms. The van der Waals surface area contributed by atoms with Crippen LogP contribution in [0.5, 0.6) is 5.88 Å². The first kappa shape index (κ1) is 16.4. The Morgan fingerprint density at radius 3 is 2.40 bits per heavy atom. The summed E-state index contributed by atoms with van der Waals surface area (Å²) in [7, 11) is 0. The number of alkyl halides is 3. The van der Waals surface area contributed by atoms with Crippen LogP contribution in [0.1, 0.15) is 11.1 Å². The molecule has 2 aromatic carbocycles. The minimum atomic E-state index is -4.77. The van der Waals surface area contributed by atoms with Gasteiger partial charge in [-0.2, -0.15) is 18.4 Å². The zero-order chi connectivity index (χ0) is 18.2. The van der Waals surface area contributed by atoms with Crippen LogP contribution >= 0.6 is 0 Å². The Bertz CT molecular complexity index is 1030. The number of nitrogens with zero attached hydrogens (tertiary/aromatic N) is 2. The van der Waals surface area contributed by atoms with E-state index < -0.39 is 28.9 Å². The van der Waals surface area contributed by atoms with Gasteiger partial charge in [-0.25, -0.2) is 9.36 Å². The molecule has 2 N–H and O–H groups in total. The van der Waals surface area contributed by atoms with E-state index in [1.54, 1.807) is 30.3 Å². The van der Waals surface area contributed by atoms with Gasteiger partial charge in [0.25, 0.3) is 0 Å². The summed E-state index contributed by atoms with van der Waals surface area (Å²) >= 11 is 0. The average Bonchev–Trinajstić information content (AvgIpc) is 2.89. The lowest BCUT2D eigenvalue weighted by Crippen LogP contribution is -2.16. The summed E-state index contributed by atoms with van der Waals surface area (Å²) in [6.45, 7) is 0. The summed E-state index contributed by atoms with van der Waals surface area (Å²) in [6.07, 6.45) is -4.77. The van der Waals surface area contributed by atoms with Gasteiger partial charge in [-0.1, -0.05) is 30.3 Å². The Kier molecular flexibility index (Phi) is 3.85. The fourth-order valence-corrected chi connectivity index (χ4v) is 2.48. The first-order valence-corrected chi connectivity index (χ1v) is 7.04. The van der Waals surface area contributed by atoms with Crippen molar-refractivity contribution in [3.05, 3.63) is 70.1 Å². The average molecular weight is 345 g/mol. The number of rotatable bonds is 2. The summed E-state index contributed by atoms with van der Waals surface area (Å²) in [5.74, 6) is -0.519. The van der Waals surface area contributed by atoms with Crippen molar-refractivity contribution in [2.24, 2.45) is 0 Å². The molecule has 0 saturated heterocycles. The Balaban J connectivity index is 2.21. The number of halogens is 3. The Morgan fingerprint density at radius 2 is 1.80 bits per heavy atom. The van der Waals surface area contributed by atoms with Crippen molar-refractivity contribution >= 4 is 0 Å². The molecule has 0 amide bonds. The molecule has 25 heavy (non-hydrogen) atoms. The van der Waals surface area contributed by atoms with Crippen LogP contribution in [0.15, 0.2) is 53.3 Å². The molecule has 3 aromatic rings. The van der Waals surface area contributed by atoms with Gasteiger partial charge in [0.1, 0.15) is 5.69 Å². The van der Waals surface area contributed by atoms with E-state index in [0.29, 0.717) is 11.6 Å². The van der Waals surface area contributed by atoms with E-state index in [1.807, 2.05) is 0 Å². The van der Waals surface area contributed by atoms with Crippen molar-refractivity contribution in [1.29, 1.82) is 5.26 Å². The van der Waals surface area contributed by atoms with Crippen molar-refractivity contribution < 1.29 is 18.3 Å². The molecule has 0 radical (unpaired) electrons. The van der Waals surface area contributed by atoms with Crippen LogP contribution in [-0.2, 0) is 6.18 Å². The smallest absolute Gasteiger partial charge is 0.417 e. The third kappa shape index (κ3) is 2.87. The molecule has 1 aromatic heterocycles. The Hall–Kier alpha value is -3.47. The standard InChI is InChI=1S/C17H10F3N3O2/c18-17(19,20)13-8-12(7-6-11(13)9-21)23-15(24)14(22-16(23)25)10-4-2-1-3-5-10/h1-8,24H,(H,22,25). The lowest BCUT2D eigenvalue weighted by molar-refractivity contribution is -0.137. The van der Waals surface area contributed by atoms with Gasteiger partial charge in [-0.3, -0.25) is 0 Å². The lowest BCUT2D eigenvalue weighted by atomic mass is 10.1. The van der Waals surface area contributed by atoms with E-state index in [4.69, 9.17) is 5.26 Å². The fourth-order valence-electron chi connectivity index (χ4n) is 2.48. The van der Waals surface area contributed by atoms with Crippen molar-refractivity contribution in [3.8, 4) is 28.9 Å². The summed E-state index contributed by atoms with van der Waals surface area (Å²) in [5, 5.41) is 19.2. The van der Waals surface area contributed by atoms with E-state index in [-0.39, 0.29) is 11.4 Å². The zero-order valence-corrected chi connectivity index (χ0v) is 12.5. The molecule has 126 valence electrons. The quantitative estimate of drug-likeness (QED) is 0.746. The molecule has 0 aliphatic rings. The second kappa shape index (κ2) is 5.87. The van der Waals surface area contributed by atoms with Gasteiger partial charge in [-0.05, 0) is 18.2 Å². The number of imidazole rings is 1. The molecule has 5 nitrogen and oxygen atoms in total. The van der Waals surface area contributed by atoms with Gasteiger partial charge in [0.2, 0.25) is 5.88 Å². The van der Waals surface area contributed by atoms with Gasteiger partial charge < -0.3 is 10.1 Å². The molecular weight excluding hydrogens is 335 g/mol. The van der Waals surface area contributed by atoms with Crippen LogP contribution in [0.2, 0.25) is 0 Å². The predicted octanol–water partition coefficient (Wildman–Crippen LogP) is 3.43. The Labute approximate surface area is 139 Å². The summed E-state index contributed by atoms with van der Waals surface area (Å²) in [4.78, 5) is 14.6. The minimum absolute atomic E-state index is 0.0866. The number of hydrogen-bond donors (Lipinski definition) is 2. The monoisotopic (exact) mass is 345 g/mol. The summed E-state index contributed by atoms with van der Waals surface area (Å²) in [5.41, 5.74) is -2.16. The molecule has 0 aliphatic heterocycles. The number of nitriles is 1. The molecule has 0 unspecified atom stereocenters. The fraction of sp³-hybridized carbons (Fsp3) is 0.0588. The number of aromatic amines is 1. The van der Waals surface area contributed by atoms with Crippen LogP contribution in [0, 0.1) is 11.3 Å². The number of aromatic hydroxyl groups is 1. The highest BCUT2D eigenvalue weighted by Gasteiger charge is 2.34. The maximum Gasteiger partial charge on any atom is 0.417 e. The van der Waals surface area contributed by atoms with E-state index in [0.717, 1.165) is 16.7 Å². The van der Waals surface area contributed by atoms with Gasteiger partial charge >= 0.3 is 11.9 Å². The normalized spacial score (nSPS) is 11.3. The third-order valence-corrected chi connectivity index (χ3v) is 3.62.